The number of rotatable bonds is 4. The van der Waals surface area contributed by atoms with Gasteiger partial charge in [-0.05, 0) is 23.3 Å². The maximum Gasteiger partial charge on any atom is 0.298 e. The number of carbonyl (C=O) groups excluding carboxylic acids is 1. The molecular formula is C23H19NO4. The van der Waals surface area contributed by atoms with E-state index in [1.807, 2.05) is 60.7 Å². The molecule has 1 heterocycles. The number of carbonyl (C=O) groups is 1. The van der Waals surface area contributed by atoms with Crippen LogP contribution in [0.4, 0.5) is 0 Å². The zero-order valence-corrected chi connectivity index (χ0v) is 15.1. The molecule has 0 aliphatic heterocycles. The zero-order chi connectivity index (χ0) is 19.8. The Balaban J connectivity index is 0.000000236. The van der Waals surface area contributed by atoms with Crippen LogP contribution < -0.4 is 15.9 Å². The molecule has 0 fully saturated rings. The molecule has 0 saturated heterocycles. The van der Waals surface area contributed by atoms with Crippen LogP contribution >= 0.6 is 0 Å². The van der Waals surface area contributed by atoms with Crippen molar-refractivity contribution in [2.24, 2.45) is 5.73 Å². The summed E-state index contributed by atoms with van der Waals surface area (Å²) in [6.45, 7) is 0.971. The first kappa shape index (κ1) is 19.1. The van der Waals surface area contributed by atoms with Crippen LogP contribution in [0.25, 0.3) is 22.1 Å². The van der Waals surface area contributed by atoms with Crippen molar-refractivity contribution in [3.63, 3.8) is 0 Å². The van der Waals surface area contributed by atoms with Crippen LogP contribution in [-0.2, 0) is 11.3 Å². The monoisotopic (exact) mass is 373 g/mol. The van der Waals surface area contributed by atoms with Crippen molar-refractivity contribution in [1.29, 1.82) is 0 Å². The lowest BCUT2D eigenvalue weighted by atomic mass is 10.1. The van der Waals surface area contributed by atoms with Gasteiger partial charge in [-0.1, -0.05) is 60.7 Å². The molecule has 28 heavy (non-hydrogen) atoms. The Hall–Kier alpha value is -3.70. The van der Waals surface area contributed by atoms with Gasteiger partial charge in [0.25, 0.3) is 6.47 Å². The molecule has 3 aromatic carbocycles. The molecule has 0 aliphatic carbocycles. The third-order valence-corrected chi connectivity index (χ3v) is 4.09. The topological polar surface area (TPSA) is 82.5 Å². The van der Waals surface area contributed by atoms with Crippen LogP contribution in [0.2, 0.25) is 0 Å². The highest BCUT2D eigenvalue weighted by atomic mass is 16.5. The Morgan fingerprint density at radius 2 is 1.61 bits per heavy atom. The maximum absolute atomic E-state index is 12.4. The molecular weight excluding hydrogens is 354 g/mol. The van der Waals surface area contributed by atoms with E-state index in [1.54, 1.807) is 12.1 Å². The van der Waals surface area contributed by atoms with E-state index in [0.29, 0.717) is 35.3 Å². The van der Waals surface area contributed by atoms with Crippen LogP contribution in [0.1, 0.15) is 5.56 Å². The fourth-order valence-corrected chi connectivity index (χ4v) is 2.67. The van der Waals surface area contributed by atoms with Crippen molar-refractivity contribution in [3.05, 3.63) is 101 Å². The van der Waals surface area contributed by atoms with Crippen molar-refractivity contribution in [3.8, 4) is 16.9 Å². The minimum Gasteiger partial charge on any atom is -0.463 e. The lowest BCUT2D eigenvalue weighted by molar-refractivity contribution is -0.120. The Labute approximate surface area is 162 Å². The predicted molar refractivity (Wildman–Crippen MR) is 109 cm³/mol. The first-order valence-electron chi connectivity index (χ1n) is 8.68. The quantitative estimate of drug-likeness (QED) is 0.544. The Morgan fingerprint density at radius 1 is 0.929 bits per heavy atom. The number of benzene rings is 3. The van der Waals surface area contributed by atoms with E-state index >= 15 is 0 Å². The summed E-state index contributed by atoms with van der Waals surface area (Å²) in [5.74, 6) is 0.336. The highest BCUT2D eigenvalue weighted by Crippen LogP contribution is 2.22. The third-order valence-electron chi connectivity index (χ3n) is 4.09. The van der Waals surface area contributed by atoms with Crippen molar-refractivity contribution in [2.45, 2.75) is 6.54 Å². The van der Waals surface area contributed by atoms with Crippen molar-refractivity contribution in [2.75, 3.05) is 0 Å². The molecule has 4 aromatic rings. The highest BCUT2D eigenvalue weighted by Gasteiger charge is 2.09. The Bertz CT molecular complexity index is 1110. The predicted octanol–water partition coefficient (Wildman–Crippen LogP) is 4.14. The van der Waals surface area contributed by atoms with Gasteiger partial charge in [0.2, 0.25) is 0 Å². The first-order valence-corrected chi connectivity index (χ1v) is 8.68. The molecule has 5 heteroatoms. The van der Waals surface area contributed by atoms with E-state index in [1.165, 1.54) is 17.9 Å². The van der Waals surface area contributed by atoms with Crippen molar-refractivity contribution < 1.29 is 13.9 Å². The first-order chi connectivity index (χ1) is 13.7. The smallest absolute Gasteiger partial charge is 0.298 e. The second kappa shape index (κ2) is 9.30. The van der Waals surface area contributed by atoms with Gasteiger partial charge in [-0.3, -0.25) is 9.59 Å². The van der Waals surface area contributed by atoms with Gasteiger partial charge < -0.3 is 14.9 Å². The maximum atomic E-state index is 12.4. The molecule has 5 nitrogen and oxygen atoms in total. The summed E-state index contributed by atoms with van der Waals surface area (Å²) in [6, 6.07) is 24.0. The number of nitrogens with two attached hydrogens (primary N) is 1. The van der Waals surface area contributed by atoms with Crippen LogP contribution in [0.15, 0.2) is 94.3 Å². The van der Waals surface area contributed by atoms with Gasteiger partial charge in [0.05, 0.1) is 10.9 Å². The Kier molecular flexibility index (Phi) is 6.33. The molecule has 0 aliphatic rings. The summed E-state index contributed by atoms with van der Waals surface area (Å²) < 4.78 is 10.2. The fourth-order valence-electron chi connectivity index (χ4n) is 2.67. The van der Waals surface area contributed by atoms with E-state index in [9.17, 15) is 9.59 Å². The highest BCUT2D eigenvalue weighted by molar-refractivity contribution is 5.82. The summed E-state index contributed by atoms with van der Waals surface area (Å²) in [7, 11) is 0. The van der Waals surface area contributed by atoms with Gasteiger partial charge in [0.15, 0.2) is 5.43 Å². The number of fused-ring (bicyclic) bond motifs is 1. The normalized spacial score (nSPS) is 10.0. The van der Waals surface area contributed by atoms with E-state index in [-0.39, 0.29) is 5.43 Å². The lowest BCUT2D eigenvalue weighted by Gasteiger charge is -2.03. The van der Waals surface area contributed by atoms with Gasteiger partial charge in [-0.25, -0.2) is 0 Å². The van der Waals surface area contributed by atoms with E-state index in [4.69, 9.17) is 14.9 Å². The molecule has 4 rings (SSSR count). The summed E-state index contributed by atoms with van der Waals surface area (Å²) >= 11 is 0. The van der Waals surface area contributed by atoms with Gasteiger partial charge in [-0.15, -0.1) is 0 Å². The van der Waals surface area contributed by atoms with Crippen LogP contribution in [0.5, 0.6) is 5.75 Å². The minimum absolute atomic E-state index is 0.116. The molecule has 0 spiro atoms. The fraction of sp³-hybridized carbons (Fsp3) is 0.0435. The molecule has 0 atom stereocenters. The standard InChI is InChI=1S/C16H10O4.C7H9N/c17-10-20-12-6-7-13-15(8-12)19-9-14(16(13)18)11-4-2-1-3-5-11;8-6-7-4-2-1-3-5-7/h1-10H;1-5H,6,8H2. The second-order valence-electron chi connectivity index (χ2n) is 5.91. The molecule has 140 valence electrons. The molecule has 0 radical (unpaired) electrons. The summed E-state index contributed by atoms with van der Waals surface area (Å²) in [5, 5.41) is 0.449. The van der Waals surface area contributed by atoms with Gasteiger partial charge in [0.1, 0.15) is 17.6 Å². The summed E-state index contributed by atoms with van der Waals surface area (Å²) in [4.78, 5) is 22.7. The van der Waals surface area contributed by atoms with Crippen molar-refractivity contribution in [1.82, 2.24) is 0 Å². The summed E-state index contributed by atoms with van der Waals surface area (Å²) in [5.41, 5.74) is 8.11. The lowest BCUT2D eigenvalue weighted by Crippen LogP contribution is -2.04. The largest absolute Gasteiger partial charge is 0.463 e. The average molecular weight is 373 g/mol. The molecule has 0 saturated carbocycles. The molecule has 2 N–H and O–H groups in total. The molecule has 0 unspecified atom stereocenters. The number of hydrogen-bond donors (Lipinski definition) is 1. The minimum atomic E-state index is -0.116. The van der Waals surface area contributed by atoms with E-state index < -0.39 is 0 Å². The Morgan fingerprint density at radius 3 is 2.21 bits per heavy atom. The number of ether oxygens (including phenoxy) is 1. The van der Waals surface area contributed by atoms with Gasteiger partial charge in [0, 0.05) is 12.6 Å². The average Bonchev–Trinajstić information content (AvgIpc) is 2.76. The van der Waals surface area contributed by atoms with Gasteiger partial charge in [-0.2, -0.15) is 0 Å². The third kappa shape index (κ3) is 4.52. The van der Waals surface area contributed by atoms with Gasteiger partial charge >= 0.3 is 0 Å². The SMILES string of the molecule is NCc1ccccc1.O=COc1ccc2c(=O)c(-c3ccccc3)coc2c1. The van der Waals surface area contributed by atoms with Crippen LogP contribution in [0.3, 0.4) is 0 Å². The van der Waals surface area contributed by atoms with E-state index in [0.717, 1.165) is 5.56 Å². The zero-order valence-electron chi connectivity index (χ0n) is 15.1. The number of hydrogen-bond acceptors (Lipinski definition) is 5. The van der Waals surface area contributed by atoms with Crippen LogP contribution in [0, 0.1) is 0 Å². The summed E-state index contributed by atoms with van der Waals surface area (Å²) in [6.07, 6.45) is 1.42. The molecule has 0 amide bonds. The van der Waals surface area contributed by atoms with E-state index in [2.05, 4.69) is 0 Å². The second-order valence-corrected chi connectivity index (χ2v) is 5.91. The van der Waals surface area contributed by atoms with Crippen molar-refractivity contribution >= 4 is 17.4 Å². The molecule has 1 aromatic heterocycles. The molecule has 0 bridgehead atoms. The van der Waals surface area contributed by atoms with Crippen LogP contribution in [-0.4, -0.2) is 6.47 Å².